The first-order chi connectivity index (χ1) is 10.3. The molecule has 0 aromatic carbocycles. The van der Waals surface area contributed by atoms with Gasteiger partial charge in [0.1, 0.15) is 5.01 Å². The number of hydrogen-bond donors (Lipinski definition) is 1. The topological polar surface area (TPSA) is 67.8 Å². The molecule has 0 saturated heterocycles. The minimum atomic E-state index is -0.155. The zero-order valence-corrected chi connectivity index (χ0v) is 11.9. The van der Waals surface area contributed by atoms with Crippen molar-refractivity contribution in [1.29, 1.82) is 0 Å². The maximum absolute atomic E-state index is 11.9. The number of aromatic nitrogens is 3. The number of amides is 1. The van der Waals surface area contributed by atoms with Crippen molar-refractivity contribution in [2.75, 3.05) is 0 Å². The fourth-order valence-electron chi connectivity index (χ4n) is 1.78. The summed E-state index contributed by atoms with van der Waals surface area (Å²) in [4.78, 5) is 24.6. The lowest BCUT2D eigenvalue weighted by Crippen LogP contribution is -2.22. The van der Waals surface area contributed by atoms with Gasteiger partial charge in [0.25, 0.3) is 5.91 Å². The van der Waals surface area contributed by atoms with Gasteiger partial charge in [0.05, 0.1) is 23.5 Å². The second kappa shape index (κ2) is 6.23. The highest BCUT2D eigenvalue weighted by Gasteiger charge is 2.08. The molecule has 0 aliphatic rings. The third-order valence-electron chi connectivity index (χ3n) is 2.80. The summed E-state index contributed by atoms with van der Waals surface area (Å²) in [7, 11) is 0. The summed E-state index contributed by atoms with van der Waals surface area (Å²) in [6.07, 6.45) is 4.91. The number of rotatable bonds is 4. The van der Waals surface area contributed by atoms with E-state index in [-0.39, 0.29) is 5.91 Å². The molecule has 0 radical (unpaired) electrons. The Hall–Kier alpha value is -2.60. The fourth-order valence-corrected chi connectivity index (χ4v) is 2.51. The van der Waals surface area contributed by atoms with Gasteiger partial charge >= 0.3 is 0 Å². The SMILES string of the molecule is O=C(NCc1nc(-c2ccccn2)cs1)c1cccnc1. The Morgan fingerprint density at radius 2 is 2.10 bits per heavy atom. The third-order valence-corrected chi connectivity index (χ3v) is 3.65. The summed E-state index contributed by atoms with van der Waals surface area (Å²) in [6, 6.07) is 9.16. The molecule has 5 nitrogen and oxygen atoms in total. The molecular weight excluding hydrogens is 284 g/mol. The average molecular weight is 296 g/mol. The van der Waals surface area contributed by atoms with Crippen molar-refractivity contribution in [2.24, 2.45) is 0 Å². The van der Waals surface area contributed by atoms with E-state index >= 15 is 0 Å². The molecule has 0 bridgehead atoms. The predicted octanol–water partition coefficient (Wildman–Crippen LogP) is 2.53. The van der Waals surface area contributed by atoms with Crippen molar-refractivity contribution >= 4 is 17.2 Å². The number of nitrogens with zero attached hydrogens (tertiary/aromatic N) is 3. The second-order valence-corrected chi connectivity index (χ2v) is 5.21. The zero-order valence-electron chi connectivity index (χ0n) is 11.1. The van der Waals surface area contributed by atoms with Crippen LogP contribution in [0.1, 0.15) is 15.4 Å². The molecule has 104 valence electrons. The zero-order chi connectivity index (χ0) is 14.5. The molecule has 0 spiro atoms. The van der Waals surface area contributed by atoms with Crippen LogP contribution < -0.4 is 5.32 Å². The average Bonchev–Trinajstić information content (AvgIpc) is 3.03. The number of thiazole rings is 1. The van der Waals surface area contributed by atoms with Crippen molar-refractivity contribution in [3.8, 4) is 11.4 Å². The molecule has 1 N–H and O–H groups in total. The van der Waals surface area contributed by atoms with Gasteiger partial charge in [-0.1, -0.05) is 6.07 Å². The van der Waals surface area contributed by atoms with E-state index in [0.717, 1.165) is 16.4 Å². The van der Waals surface area contributed by atoms with Crippen LogP contribution in [0.4, 0.5) is 0 Å². The Morgan fingerprint density at radius 1 is 1.14 bits per heavy atom. The Morgan fingerprint density at radius 3 is 2.86 bits per heavy atom. The van der Waals surface area contributed by atoms with Crippen LogP contribution in [0.25, 0.3) is 11.4 Å². The third kappa shape index (κ3) is 3.29. The Labute approximate surface area is 125 Å². The van der Waals surface area contributed by atoms with Gasteiger partial charge in [-0.05, 0) is 24.3 Å². The number of pyridine rings is 2. The minimum absolute atomic E-state index is 0.155. The summed E-state index contributed by atoms with van der Waals surface area (Å²) < 4.78 is 0. The molecule has 21 heavy (non-hydrogen) atoms. The highest BCUT2D eigenvalue weighted by molar-refractivity contribution is 7.09. The first-order valence-corrected chi connectivity index (χ1v) is 7.25. The van der Waals surface area contributed by atoms with Gasteiger partial charge in [-0.3, -0.25) is 14.8 Å². The summed E-state index contributed by atoms with van der Waals surface area (Å²) in [5.74, 6) is -0.155. The highest BCUT2D eigenvalue weighted by Crippen LogP contribution is 2.19. The molecule has 3 rings (SSSR count). The van der Waals surface area contributed by atoms with Crippen LogP contribution in [0.2, 0.25) is 0 Å². The fraction of sp³-hybridized carbons (Fsp3) is 0.0667. The molecule has 1 amide bonds. The van der Waals surface area contributed by atoms with E-state index in [9.17, 15) is 4.79 Å². The van der Waals surface area contributed by atoms with E-state index in [1.165, 1.54) is 17.5 Å². The maximum atomic E-state index is 11.9. The molecule has 0 saturated carbocycles. The van der Waals surface area contributed by atoms with Crippen LogP contribution in [0.15, 0.2) is 54.3 Å². The lowest BCUT2D eigenvalue weighted by molar-refractivity contribution is 0.0950. The van der Waals surface area contributed by atoms with Gasteiger partial charge in [0, 0.05) is 24.0 Å². The van der Waals surface area contributed by atoms with Gasteiger partial charge in [-0.25, -0.2) is 4.98 Å². The summed E-state index contributed by atoms with van der Waals surface area (Å²) >= 11 is 1.50. The van der Waals surface area contributed by atoms with Gasteiger partial charge in [0.15, 0.2) is 0 Å². The van der Waals surface area contributed by atoms with Gasteiger partial charge in [0.2, 0.25) is 0 Å². The number of nitrogens with one attached hydrogen (secondary N) is 1. The molecule has 0 aliphatic heterocycles. The van der Waals surface area contributed by atoms with Crippen LogP contribution in [0, 0.1) is 0 Å². The molecule has 0 unspecified atom stereocenters. The normalized spacial score (nSPS) is 10.3. The highest BCUT2D eigenvalue weighted by atomic mass is 32.1. The molecule has 0 aliphatic carbocycles. The van der Waals surface area contributed by atoms with Gasteiger partial charge < -0.3 is 5.32 Å². The van der Waals surface area contributed by atoms with Crippen LogP contribution in [0.5, 0.6) is 0 Å². The van der Waals surface area contributed by atoms with E-state index in [4.69, 9.17) is 0 Å². The molecule has 0 atom stereocenters. The maximum Gasteiger partial charge on any atom is 0.253 e. The summed E-state index contributed by atoms with van der Waals surface area (Å²) in [5.41, 5.74) is 2.20. The molecule has 3 aromatic rings. The van der Waals surface area contributed by atoms with Crippen LogP contribution in [-0.4, -0.2) is 20.9 Å². The second-order valence-electron chi connectivity index (χ2n) is 4.27. The molecule has 0 fully saturated rings. The van der Waals surface area contributed by atoms with E-state index in [2.05, 4.69) is 20.3 Å². The number of carbonyl (C=O) groups is 1. The smallest absolute Gasteiger partial charge is 0.253 e. The molecule has 3 aromatic heterocycles. The minimum Gasteiger partial charge on any atom is -0.345 e. The first kappa shape index (κ1) is 13.4. The summed E-state index contributed by atoms with van der Waals surface area (Å²) in [6.45, 7) is 0.394. The largest absolute Gasteiger partial charge is 0.345 e. The van der Waals surface area contributed by atoms with Crippen LogP contribution in [0.3, 0.4) is 0 Å². The van der Waals surface area contributed by atoms with Crippen molar-refractivity contribution in [2.45, 2.75) is 6.54 Å². The molecule has 3 heterocycles. The van der Waals surface area contributed by atoms with Crippen LogP contribution >= 0.6 is 11.3 Å². The van der Waals surface area contributed by atoms with Crippen molar-refractivity contribution in [1.82, 2.24) is 20.3 Å². The Balaban J connectivity index is 1.64. The first-order valence-electron chi connectivity index (χ1n) is 6.37. The lowest BCUT2D eigenvalue weighted by atomic mass is 10.3. The standard InChI is InChI=1S/C15H12N4OS/c20-15(11-4-3-6-16-8-11)18-9-14-19-13(10-21-14)12-5-1-2-7-17-12/h1-8,10H,9H2,(H,18,20). The monoisotopic (exact) mass is 296 g/mol. The van der Waals surface area contributed by atoms with E-state index < -0.39 is 0 Å². The van der Waals surface area contributed by atoms with Crippen molar-refractivity contribution in [3.05, 3.63) is 64.9 Å². The van der Waals surface area contributed by atoms with Gasteiger partial charge in [-0.15, -0.1) is 11.3 Å². The van der Waals surface area contributed by atoms with E-state index in [0.29, 0.717) is 12.1 Å². The molecule has 6 heteroatoms. The Kier molecular flexibility index (Phi) is 3.97. The van der Waals surface area contributed by atoms with Crippen molar-refractivity contribution in [3.63, 3.8) is 0 Å². The molecular formula is C15H12N4OS. The quantitative estimate of drug-likeness (QED) is 0.803. The number of carbonyl (C=O) groups excluding carboxylic acids is 1. The van der Waals surface area contributed by atoms with E-state index in [1.54, 1.807) is 24.5 Å². The summed E-state index contributed by atoms with van der Waals surface area (Å²) in [5, 5.41) is 5.61. The van der Waals surface area contributed by atoms with Crippen LogP contribution in [-0.2, 0) is 6.54 Å². The Bertz CT molecular complexity index is 728. The lowest BCUT2D eigenvalue weighted by Gasteiger charge is -2.02. The predicted molar refractivity (Wildman–Crippen MR) is 80.8 cm³/mol. The number of hydrogen-bond acceptors (Lipinski definition) is 5. The van der Waals surface area contributed by atoms with E-state index in [1.807, 2.05) is 23.6 Å². The van der Waals surface area contributed by atoms with Gasteiger partial charge in [-0.2, -0.15) is 0 Å². The van der Waals surface area contributed by atoms with Crippen molar-refractivity contribution < 1.29 is 4.79 Å².